The van der Waals surface area contributed by atoms with Gasteiger partial charge in [0.1, 0.15) is 0 Å². The number of alkyl halides is 4. The van der Waals surface area contributed by atoms with E-state index in [0.29, 0.717) is 24.9 Å². The molecule has 1 saturated carbocycles. The fourth-order valence-corrected chi connectivity index (χ4v) is 4.03. The molecule has 0 amide bonds. The lowest BCUT2D eigenvalue weighted by molar-refractivity contribution is -0.174. The zero-order chi connectivity index (χ0) is 17.5. The second-order valence-electron chi connectivity index (χ2n) is 6.81. The third-order valence-corrected chi connectivity index (χ3v) is 5.07. The summed E-state index contributed by atoms with van der Waals surface area (Å²) in [6.07, 6.45) is -2.08. The number of esters is 1. The Bertz CT molecular complexity index is 639. The quantitative estimate of drug-likeness (QED) is 0.657. The number of piperidine rings is 1. The van der Waals surface area contributed by atoms with E-state index in [2.05, 4.69) is 10.1 Å². The highest BCUT2D eigenvalue weighted by Gasteiger charge is 2.57. The van der Waals surface area contributed by atoms with E-state index < -0.39 is 29.8 Å². The van der Waals surface area contributed by atoms with Crippen LogP contribution in [0.2, 0.25) is 0 Å². The number of ether oxygens (including phenoxy) is 1. The minimum absolute atomic E-state index is 0.0530. The van der Waals surface area contributed by atoms with Crippen molar-refractivity contribution >= 4 is 5.97 Å². The van der Waals surface area contributed by atoms with Crippen molar-refractivity contribution in [1.29, 1.82) is 0 Å². The monoisotopic (exact) mass is 345 g/mol. The highest BCUT2D eigenvalue weighted by atomic mass is 19.3. The average molecular weight is 345 g/mol. The van der Waals surface area contributed by atoms with Gasteiger partial charge in [0, 0.05) is 24.4 Å². The summed E-state index contributed by atoms with van der Waals surface area (Å²) in [7, 11) is 1.18. The van der Waals surface area contributed by atoms with Gasteiger partial charge in [0.15, 0.2) is 0 Å². The predicted octanol–water partition coefficient (Wildman–Crippen LogP) is 4.25. The van der Waals surface area contributed by atoms with Crippen LogP contribution in [0.25, 0.3) is 0 Å². The van der Waals surface area contributed by atoms with Crippen LogP contribution in [-0.4, -0.2) is 25.5 Å². The molecule has 1 saturated heterocycles. The van der Waals surface area contributed by atoms with E-state index in [9.17, 15) is 22.4 Å². The van der Waals surface area contributed by atoms with Crippen molar-refractivity contribution in [2.75, 3.05) is 13.7 Å². The molecule has 2 fully saturated rings. The van der Waals surface area contributed by atoms with Gasteiger partial charge in [0.25, 0.3) is 6.43 Å². The van der Waals surface area contributed by atoms with Gasteiger partial charge in [-0.05, 0) is 42.5 Å². The number of halogens is 4. The minimum Gasteiger partial charge on any atom is -0.465 e. The van der Waals surface area contributed by atoms with Crippen molar-refractivity contribution in [3.05, 3.63) is 34.9 Å². The van der Waals surface area contributed by atoms with Gasteiger partial charge in [-0.3, -0.25) is 0 Å². The van der Waals surface area contributed by atoms with Crippen molar-refractivity contribution in [3.8, 4) is 0 Å². The first-order valence-corrected chi connectivity index (χ1v) is 7.87. The Morgan fingerprint density at radius 1 is 1.33 bits per heavy atom. The number of rotatable bonds is 3. The van der Waals surface area contributed by atoms with Crippen molar-refractivity contribution < 1.29 is 27.1 Å². The molecular formula is C17H19F4NO2. The topological polar surface area (TPSA) is 38.3 Å². The van der Waals surface area contributed by atoms with Gasteiger partial charge >= 0.3 is 5.97 Å². The number of benzene rings is 1. The first-order chi connectivity index (χ1) is 11.3. The van der Waals surface area contributed by atoms with Crippen molar-refractivity contribution in [2.45, 2.75) is 44.1 Å². The zero-order valence-corrected chi connectivity index (χ0v) is 13.3. The fraction of sp³-hybridized carbons (Fsp3) is 0.588. The molecule has 1 heterocycles. The van der Waals surface area contributed by atoms with Gasteiger partial charge in [-0.15, -0.1) is 0 Å². The Kier molecular flexibility index (Phi) is 4.32. The van der Waals surface area contributed by atoms with Gasteiger partial charge < -0.3 is 10.1 Å². The van der Waals surface area contributed by atoms with Crippen LogP contribution >= 0.6 is 0 Å². The van der Waals surface area contributed by atoms with Crippen LogP contribution in [-0.2, 0) is 4.74 Å². The fourth-order valence-electron chi connectivity index (χ4n) is 4.03. The third kappa shape index (κ3) is 3.14. The molecule has 132 valence electrons. The molecule has 1 N–H and O–H groups in total. The second-order valence-corrected chi connectivity index (χ2v) is 6.81. The van der Waals surface area contributed by atoms with Crippen LogP contribution in [0.1, 0.15) is 59.6 Å². The summed E-state index contributed by atoms with van der Waals surface area (Å²) in [4.78, 5) is 11.5. The lowest BCUT2D eigenvalue weighted by atomic mass is 9.59. The molecule has 3 nitrogen and oxygen atoms in total. The SMILES string of the molecule is COC(=O)c1ccc([C@@H]2CC3(CCN2)CC(F)(F)C3)c(C(F)F)c1. The van der Waals surface area contributed by atoms with Gasteiger partial charge in [0.05, 0.1) is 12.7 Å². The molecule has 0 radical (unpaired) electrons. The van der Waals surface area contributed by atoms with Gasteiger partial charge in [0.2, 0.25) is 5.92 Å². The summed E-state index contributed by atoms with van der Waals surface area (Å²) in [5, 5.41) is 3.15. The van der Waals surface area contributed by atoms with Crippen molar-refractivity contribution in [3.63, 3.8) is 0 Å². The average Bonchev–Trinajstić information content (AvgIpc) is 2.51. The summed E-state index contributed by atoms with van der Waals surface area (Å²) >= 11 is 0. The molecule has 1 spiro atoms. The summed E-state index contributed by atoms with van der Waals surface area (Å²) in [5.74, 6) is -3.32. The van der Waals surface area contributed by atoms with E-state index in [1.165, 1.54) is 19.2 Å². The lowest BCUT2D eigenvalue weighted by Gasteiger charge is -2.52. The maximum atomic E-state index is 13.4. The predicted molar refractivity (Wildman–Crippen MR) is 79.3 cm³/mol. The Balaban J connectivity index is 1.87. The summed E-state index contributed by atoms with van der Waals surface area (Å²) in [6, 6.07) is 3.63. The van der Waals surface area contributed by atoms with Crippen LogP contribution < -0.4 is 5.32 Å². The van der Waals surface area contributed by atoms with E-state index >= 15 is 0 Å². The highest BCUT2D eigenvalue weighted by Crippen LogP contribution is 2.59. The number of hydrogen-bond donors (Lipinski definition) is 1. The minimum atomic E-state index is -2.76. The smallest absolute Gasteiger partial charge is 0.337 e. The van der Waals surface area contributed by atoms with Crippen LogP contribution in [0.5, 0.6) is 0 Å². The molecule has 2 aliphatic rings. The summed E-state index contributed by atoms with van der Waals surface area (Å²) < 4.78 is 58.0. The molecule has 1 aromatic carbocycles. The normalized spacial score (nSPS) is 24.7. The molecule has 1 atom stereocenters. The molecule has 7 heteroatoms. The first kappa shape index (κ1) is 17.2. The van der Waals surface area contributed by atoms with Crippen LogP contribution in [0.4, 0.5) is 17.6 Å². The molecule has 1 aliphatic heterocycles. The summed E-state index contributed by atoms with van der Waals surface area (Å²) in [5.41, 5.74) is -0.303. The van der Waals surface area contributed by atoms with E-state index in [1.807, 2.05) is 0 Å². The number of carbonyl (C=O) groups excluding carboxylic acids is 1. The largest absolute Gasteiger partial charge is 0.465 e. The maximum Gasteiger partial charge on any atom is 0.337 e. The van der Waals surface area contributed by atoms with Crippen molar-refractivity contribution in [2.24, 2.45) is 5.41 Å². The van der Waals surface area contributed by atoms with Crippen LogP contribution in [0, 0.1) is 5.41 Å². The highest BCUT2D eigenvalue weighted by molar-refractivity contribution is 5.89. The molecule has 0 bridgehead atoms. The van der Waals surface area contributed by atoms with Crippen LogP contribution in [0.3, 0.4) is 0 Å². The first-order valence-electron chi connectivity index (χ1n) is 7.87. The molecule has 3 rings (SSSR count). The second kappa shape index (κ2) is 6.02. The van der Waals surface area contributed by atoms with E-state index in [4.69, 9.17) is 0 Å². The lowest BCUT2D eigenvalue weighted by Crippen LogP contribution is -2.52. The van der Waals surface area contributed by atoms with Gasteiger partial charge in [-0.1, -0.05) is 6.07 Å². The maximum absolute atomic E-state index is 13.4. The van der Waals surface area contributed by atoms with Crippen molar-refractivity contribution in [1.82, 2.24) is 5.32 Å². The van der Waals surface area contributed by atoms with Crippen LogP contribution in [0.15, 0.2) is 18.2 Å². The van der Waals surface area contributed by atoms with E-state index in [0.717, 1.165) is 6.07 Å². The molecule has 1 aromatic rings. The number of hydrogen-bond acceptors (Lipinski definition) is 3. The standard InChI is InChI=1S/C17H19F4NO2/c1-24-15(23)10-2-3-11(12(6-10)14(18)19)13-7-16(4-5-22-13)8-17(20,21)9-16/h2-3,6,13-14,22H,4-5,7-9H2,1H3/t13-/m0/s1. The summed E-state index contributed by atoms with van der Waals surface area (Å²) in [6.45, 7) is 0.516. The van der Waals surface area contributed by atoms with Gasteiger partial charge in [-0.25, -0.2) is 22.4 Å². The zero-order valence-electron chi connectivity index (χ0n) is 13.3. The van der Waals surface area contributed by atoms with Gasteiger partial charge in [-0.2, -0.15) is 0 Å². The third-order valence-electron chi connectivity index (χ3n) is 5.07. The molecule has 0 unspecified atom stereocenters. The Labute approximate surface area is 137 Å². The number of methoxy groups -OCH3 is 1. The number of nitrogens with one attached hydrogen (secondary N) is 1. The van der Waals surface area contributed by atoms with E-state index in [1.54, 1.807) is 0 Å². The van der Waals surface area contributed by atoms with E-state index in [-0.39, 0.29) is 24.0 Å². The Hall–Kier alpha value is -1.63. The molecule has 24 heavy (non-hydrogen) atoms. The molecule has 1 aliphatic carbocycles. The number of carbonyl (C=O) groups is 1. The molecular weight excluding hydrogens is 326 g/mol. The molecule has 0 aromatic heterocycles. The Morgan fingerprint density at radius 2 is 2.04 bits per heavy atom. The Morgan fingerprint density at radius 3 is 2.62 bits per heavy atom.